The summed E-state index contributed by atoms with van der Waals surface area (Å²) in [4.78, 5) is 12.1. The van der Waals surface area contributed by atoms with Gasteiger partial charge in [0.2, 0.25) is 0 Å². The second-order valence-corrected chi connectivity index (χ2v) is 5.17. The summed E-state index contributed by atoms with van der Waals surface area (Å²) in [7, 11) is 0. The fourth-order valence-electron chi connectivity index (χ4n) is 2.12. The maximum atomic E-state index is 12.1. The quantitative estimate of drug-likeness (QED) is 0.739. The minimum Gasteiger partial charge on any atom is -0.508 e. The van der Waals surface area contributed by atoms with E-state index in [1.165, 1.54) is 0 Å². The van der Waals surface area contributed by atoms with Crippen molar-refractivity contribution < 1.29 is 9.90 Å². The van der Waals surface area contributed by atoms with Gasteiger partial charge in [0.05, 0.1) is 5.56 Å². The molecule has 0 aliphatic rings. The van der Waals surface area contributed by atoms with Crippen molar-refractivity contribution in [3.05, 3.63) is 59.7 Å². The van der Waals surface area contributed by atoms with Crippen LogP contribution in [0.1, 0.15) is 29.3 Å². The molecule has 21 heavy (non-hydrogen) atoms. The summed E-state index contributed by atoms with van der Waals surface area (Å²) in [5, 5.41) is 12.2. The summed E-state index contributed by atoms with van der Waals surface area (Å²) in [6.45, 7) is 1.97. The van der Waals surface area contributed by atoms with Gasteiger partial charge in [-0.05, 0) is 49.6 Å². The van der Waals surface area contributed by atoms with Gasteiger partial charge >= 0.3 is 0 Å². The van der Waals surface area contributed by atoms with Crippen molar-refractivity contribution in [2.45, 2.75) is 25.8 Å². The van der Waals surface area contributed by atoms with Crippen LogP contribution >= 0.6 is 0 Å². The first-order valence-corrected chi connectivity index (χ1v) is 6.99. The van der Waals surface area contributed by atoms with Crippen LogP contribution in [-0.4, -0.2) is 17.1 Å². The van der Waals surface area contributed by atoms with Crippen LogP contribution in [-0.2, 0) is 6.42 Å². The number of nitrogens with one attached hydrogen (secondary N) is 1. The second-order valence-electron chi connectivity index (χ2n) is 5.17. The summed E-state index contributed by atoms with van der Waals surface area (Å²) in [6.07, 6.45) is 1.66. The normalized spacial score (nSPS) is 11.9. The molecule has 0 bridgehead atoms. The molecule has 4 N–H and O–H groups in total. The van der Waals surface area contributed by atoms with Gasteiger partial charge in [-0.2, -0.15) is 0 Å². The first kappa shape index (κ1) is 14.9. The van der Waals surface area contributed by atoms with Crippen LogP contribution in [0.5, 0.6) is 5.75 Å². The molecule has 1 unspecified atom stereocenters. The van der Waals surface area contributed by atoms with Crippen molar-refractivity contribution in [3.63, 3.8) is 0 Å². The number of anilines is 1. The van der Waals surface area contributed by atoms with Gasteiger partial charge in [-0.1, -0.05) is 24.3 Å². The van der Waals surface area contributed by atoms with E-state index in [0.717, 1.165) is 18.4 Å². The lowest BCUT2D eigenvalue weighted by atomic mass is 10.1. The molecule has 0 aliphatic heterocycles. The number of rotatable bonds is 5. The Bertz CT molecular complexity index is 608. The molecule has 1 amide bonds. The van der Waals surface area contributed by atoms with E-state index in [1.54, 1.807) is 36.4 Å². The maximum absolute atomic E-state index is 12.1. The molecule has 4 nitrogen and oxygen atoms in total. The lowest BCUT2D eigenvalue weighted by Gasteiger charge is -2.14. The van der Waals surface area contributed by atoms with Gasteiger partial charge in [0.25, 0.3) is 5.91 Å². The number of amides is 1. The van der Waals surface area contributed by atoms with E-state index in [-0.39, 0.29) is 17.7 Å². The molecule has 0 spiro atoms. The van der Waals surface area contributed by atoms with E-state index in [1.807, 2.05) is 19.1 Å². The van der Waals surface area contributed by atoms with Crippen molar-refractivity contribution in [2.75, 3.05) is 5.73 Å². The average molecular weight is 284 g/mol. The fraction of sp³-hybridized carbons (Fsp3) is 0.235. The van der Waals surface area contributed by atoms with Gasteiger partial charge in [-0.25, -0.2) is 0 Å². The Morgan fingerprint density at radius 2 is 1.86 bits per heavy atom. The van der Waals surface area contributed by atoms with E-state index in [2.05, 4.69) is 5.32 Å². The number of benzene rings is 2. The number of hydrogen-bond acceptors (Lipinski definition) is 3. The number of nitrogen functional groups attached to an aromatic ring is 1. The van der Waals surface area contributed by atoms with Gasteiger partial charge < -0.3 is 16.2 Å². The first-order chi connectivity index (χ1) is 10.1. The molecule has 2 aromatic carbocycles. The zero-order valence-corrected chi connectivity index (χ0v) is 12.0. The van der Waals surface area contributed by atoms with Crippen molar-refractivity contribution in [1.82, 2.24) is 5.32 Å². The minimum absolute atomic E-state index is 0.0471. The number of carbonyl (C=O) groups excluding carboxylic acids is 1. The summed E-state index contributed by atoms with van der Waals surface area (Å²) in [5.41, 5.74) is 7.92. The topological polar surface area (TPSA) is 75.3 Å². The predicted octanol–water partition coefficient (Wildman–Crippen LogP) is 2.73. The molecule has 0 fully saturated rings. The second kappa shape index (κ2) is 6.79. The van der Waals surface area contributed by atoms with Crippen molar-refractivity contribution in [1.29, 1.82) is 0 Å². The monoisotopic (exact) mass is 284 g/mol. The number of nitrogens with two attached hydrogens (primary N) is 1. The molecule has 1 atom stereocenters. The standard InChI is InChI=1S/C17H20N2O2/c1-12(6-7-13-8-10-14(20)11-9-13)19-17(21)15-4-2-3-5-16(15)18/h2-5,8-12,20H,6-7,18H2,1H3,(H,19,21). The fourth-order valence-corrected chi connectivity index (χ4v) is 2.12. The maximum Gasteiger partial charge on any atom is 0.253 e. The summed E-state index contributed by atoms with van der Waals surface area (Å²) in [6, 6.07) is 14.2. The van der Waals surface area contributed by atoms with Crippen LogP contribution in [0.15, 0.2) is 48.5 Å². The minimum atomic E-state index is -0.147. The summed E-state index contributed by atoms with van der Waals surface area (Å²) in [5.74, 6) is 0.117. The highest BCUT2D eigenvalue weighted by molar-refractivity contribution is 5.99. The highest BCUT2D eigenvalue weighted by Gasteiger charge is 2.12. The Kier molecular flexibility index (Phi) is 4.82. The molecule has 0 saturated carbocycles. The molecule has 0 aliphatic carbocycles. The highest BCUT2D eigenvalue weighted by Crippen LogP contribution is 2.13. The lowest BCUT2D eigenvalue weighted by Crippen LogP contribution is -2.33. The number of phenols is 1. The molecule has 0 radical (unpaired) electrons. The van der Waals surface area contributed by atoms with E-state index in [4.69, 9.17) is 5.73 Å². The Balaban J connectivity index is 1.87. The number of hydrogen-bond donors (Lipinski definition) is 3. The van der Waals surface area contributed by atoms with Crippen LogP contribution in [0.25, 0.3) is 0 Å². The van der Waals surface area contributed by atoms with Crippen LogP contribution in [0, 0.1) is 0 Å². The molecule has 2 aromatic rings. The zero-order chi connectivity index (χ0) is 15.2. The van der Waals surface area contributed by atoms with E-state index >= 15 is 0 Å². The smallest absolute Gasteiger partial charge is 0.253 e. The van der Waals surface area contributed by atoms with Crippen LogP contribution < -0.4 is 11.1 Å². The van der Waals surface area contributed by atoms with Gasteiger partial charge in [0.15, 0.2) is 0 Å². The Morgan fingerprint density at radius 3 is 2.52 bits per heavy atom. The van der Waals surface area contributed by atoms with Crippen molar-refractivity contribution in [2.24, 2.45) is 0 Å². The molecule has 4 heteroatoms. The van der Waals surface area contributed by atoms with Crippen molar-refractivity contribution in [3.8, 4) is 5.75 Å². The third-order valence-corrected chi connectivity index (χ3v) is 3.39. The lowest BCUT2D eigenvalue weighted by molar-refractivity contribution is 0.0939. The number of phenolic OH excluding ortho intramolecular Hbond substituents is 1. The molecule has 0 saturated heterocycles. The highest BCUT2D eigenvalue weighted by atomic mass is 16.3. The van der Waals surface area contributed by atoms with Crippen LogP contribution in [0.2, 0.25) is 0 Å². The Hall–Kier alpha value is -2.49. The largest absolute Gasteiger partial charge is 0.508 e. The van der Waals surface area contributed by atoms with Gasteiger partial charge in [0, 0.05) is 11.7 Å². The van der Waals surface area contributed by atoms with Crippen molar-refractivity contribution >= 4 is 11.6 Å². The zero-order valence-electron chi connectivity index (χ0n) is 12.0. The number of para-hydroxylation sites is 1. The number of carbonyl (C=O) groups is 1. The summed E-state index contributed by atoms with van der Waals surface area (Å²) < 4.78 is 0. The third kappa shape index (κ3) is 4.24. The third-order valence-electron chi connectivity index (χ3n) is 3.39. The Morgan fingerprint density at radius 1 is 1.19 bits per heavy atom. The molecule has 2 rings (SSSR count). The van der Waals surface area contributed by atoms with Gasteiger partial charge in [0.1, 0.15) is 5.75 Å². The van der Waals surface area contributed by atoms with E-state index in [9.17, 15) is 9.90 Å². The van der Waals surface area contributed by atoms with E-state index in [0.29, 0.717) is 11.3 Å². The number of aryl methyl sites for hydroxylation is 1. The van der Waals surface area contributed by atoms with Gasteiger partial charge in [-0.3, -0.25) is 4.79 Å². The number of aromatic hydroxyl groups is 1. The van der Waals surface area contributed by atoms with Crippen LogP contribution in [0.4, 0.5) is 5.69 Å². The molecular formula is C17H20N2O2. The van der Waals surface area contributed by atoms with Crippen LogP contribution in [0.3, 0.4) is 0 Å². The van der Waals surface area contributed by atoms with E-state index < -0.39 is 0 Å². The average Bonchev–Trinajstić information content (AvgIpc) is 2.47. The predicted molar refractivity (Wildman–Crippen MR) is 84.2 cm³/mol. The first-order valence-electron chi connectivity index (χ1n) is 6.99. The Labute approximate surface area is 124 Å². The molecule has 0 heterocycles. The summed E-state index contributed by atoms with van der Waals surface area (Å²) >= 11 is 0. The molecular weight excluding hydrogens is 264 g/mol. The molecule has 0 aromatic heterocycles. The van der Waals surface area contributed by atoms with Gasteiger partial charge in [-0.15, -0.1) is 0 Å². The SMILES string of the molecule is CC(CCc1ccc(O)cc1)NC(=O)c1ccccc1N. The molecule has 110 valence electrons.